The molecule has 0 aromatic heterocycles. The van der Waals surface area contributed by atoms with Crippen molar-refractivity contribution in [1.82, 2.24) is 9.80 Å². The van der Waals surface area contributed by atoms with E-state index in [9.17, 15) is 14.0 Å². The maximum absolute atomic E-state index is 14.3. The van der Waals surface area contributed by atoms with Gasteiger partial charge in [-0.25, -0.2) is 4.39 Å². The molecule has 1 atom stereocenters. The Hall–Kier alpha value is -3.87. The Bertz CT molecular complexity index is 1270. The van der Waals surface area contributed by atoms with Gasteiger partial charge in [0.25, 0.3) is 11.8 Å². The van der Waals surface area contributed by atoms with Crippen LogP contribution in [0.25, 0.3) is 0 Å². The Balaban J connectivity index is 1.66. The van der Waals surface area contributed by atoms with Crippen LogP contribution >= 0.6 is 0 Å². The van der Waals surface area contributed by atoms with Crippen molar-refractivity contribution in [3.63, 3.8) is 0 Å². The summed E-state index contributed by atoms with van der Waals surface area (Å²) in [6.07, 6.45) is 0.0198. The van der Waals surface area contributed by atoms with Crippen molar-refractivity contribution in [3.05, 3.63) is 94.8 Å². The number of nitrogens with zero attached hydrogens (tertiary/aromatic N) is 2. The third-order valence-electron chi connectivity index (χ3n) is 6.38. The minimum atomic E-state index is -1.20. The summed E-state index contributed by atoms with van der Waals surface area (Å²) in [5, 5.41) is 0. The fourth-order valence-corrected chi connectivity index (χ4v) is 5.02. The molecule has 5 rings (SSSR count). The monoisotopic (exact) mass is 460 g/mol. The van der Waals surface area contributed by atoms with E-state index in [1.54, 1.807) is 58.3 Å². The number of halogens is 1. The van der Waals surface area contributed by atoms with Gasteiger partial charge in [-0.05, 0) is 56.3 Å². The summed E-state index contributed by atoms with van der Waals surface area (Å²) in [4.78, 5) is 30.7. The Kier molecular flexibility index (Phi) is 5.27. The van der Waals surface area contributed by atoms with Gasteiger partial charge in [-0.15, -0.1) is 0 Å². The predicted octanol–water partition coefficient (Wildman–Crippen LogP) is 4.43. The molecule has 2 amide bonds. The molecule has 6 nitrogen and oxygen atoms in total. The van der Waals surface area contributed by atoms with Crippen LogP contribution in [0, 0.1) is 5.82 Å². The molecule has 0 radical (unpaired) electrons. The number of hydrogen-bond donors (Lipinski definition) is 0. The molecular formula is C27H25FN2O4. The van der Waals surface area contributed by atoms with E-state index in [0.29, 0.717) is 41.1 Å². The second-order valence-electron chi connectivity index (χ2n) is 8.67. The van der Waals surface area contributed by atoms with E-state index in [-0.39, 0.29) is 23.7 Å². The molecule has 1 saturated heterocycles. The van der Waals surface area contributed by atoms with Crippen LogP contribution in [-0.2, 0) is 5.66 Å². The zero-order valence-corrected chi connectivity index (χ0v) is 19.2. The zero-order valence-electron chi connectivity index (χ0n) is 19.2. The van der Waals surface area contributed by atoms with Crippen LogP contribution in [0.5, 0.6) is 11.5 Å². The highest BCUT2D eigenvalue weighted by atomic mass is 19.1. The molecule has 174 valence electrons. The summed E-state index contributed by atoms with van der Waals surface area (Å²) in [6.45, 7) is 4.57. The summed E-state index contributed by atoms with van der Waals surface area (Å²) in [7, 11) is 1.39. The number of amides is 2. The highest BCUT2D eigenvalue weighted by Gasteiger charge is 2.59. The van der Waals surface area contributed by atoms with E-state index in [1.807, 2.05) is 26.0 Å². The fraction of sp³-hybridized carbons (Fsp3) is 0.259. The lowest BCUT2D eigenvalue weighted by molar-refractivity contribution is 0.0374. The van der Waals surface area contributed by atoms with Gasteiger partial charge in [0.2, 0.25) is 0 Å². The molecule has 0 bridgehead atoms. The van der Waals surface area contributed by atoms with Gasteiger partial charge in [0, 0.05) is 35.3 Å². The summed E-state index contributed by atoms with van der Waals surface area (Å²) in [6, 6.07) is 18.8. The fourth-order valence-electron chi connectivity index (χ4n) is 5.02. The first-order chi connectivity index (χ1) is 16.4. The van der Waals surface area contributed by atoms with Crippen molar-refractivity contribution in [2.45, 2.75) is 25.6 Å². The molecule has 0 spiro atoms. The second kappa shape index (κ2) is 8.17. The van der Waals surface area contributed by atoms with E-state index in [4.69, 9.17) is 9.47 Å². The van der Waals surface area contributed by atoms with Crippen molar-refractivity contribution in [1.29, 1.82) is 0 Å². The van der Waals surface area contributed by atoms with Crippen LogP contribution in [0.1, 0.15) is 45.7 Å². The van der Waals surface area contributed by atoms with Crippen LogP contribution in [0.2, 0.25) is 0 Å². The van der Waals surface area contributed by atoms with E-state index in [2.05, 4.69) is 0 Å². The van der Waals surface area contributed by atoms with Crippen molar-refractivity contribution < 1.29 is 23.5 Å². The van der Waals surface area contributed by atoms with Gasteiger partial charge >= 0.3 is 0 Å². The summed E-state index contributed by atoms with van der Waals surface area (Å²) >= 11 is 0. The number of carbonyl (C=O) groups is 2. The standard InChI is InChI=1S/C27H25FN2O4/c1-17(2)34-20-11-8-18(9-12-20)25(31)29-14-15-30-26(32)21-6-4-5-7-22(21)27(29,30)19-10-13-23(28)24(16-19)33-3/h4-13,16-17H,14-15H2,1-3H3. The molecular weight excluding hydrogens is 435 g/mol. The lowest BCUT2D eigenvalue weighted by Gasteiger charge is -2.40. The van der Waals surface area contributed by atoms with Gasteiger partial charge in [0.05, 0.1) is 13.2 Å². The highest BCUT2D eigenvalue weighted by molar-refractivity contribution is 6.03. The molecule has 0 saturated carbocycles. The summed E-state index contributed by atoms with van der Waals surface area (Å²) in [5.74, 6) is -0.170. The van der Waals surface area contributed by atoms with Crippen molar-refractivity contribution >= 4 is 11.8 Å². The molecule has 34 heavy (non-hydrogen) atoms. The number of methoxy groups -OCH3 is 1. The molecule has 3 aromatic rings. The van der Waals surface area contributed by atoms with Gasteiger partial charge in [-0.3, -0.25) is 9.59 Å². The zero-order chi connectivity index (χ0) is 24.0. The minimum Gasteiger partial charge on any atom is -0.494 e. The first-order valence-electron chi connectivity index (χ1n) is 11.2. The molecule has 7 heteroatoms. The summed E-state index contributed by atoms with van der Waals surface area (Å²) < 4.78 is 25.3. The number of rotatable bonds is 5. The molecule has 2 aliphatic rings. The normalized spacial score (nSPS) is 18.8. The second-order valence-corrected chi connectivity index (χ2v) is 8.67. The Morgan fingerprint density at radius 3 is 2.47 bits per heavy atom. The third kappa shape index (κ3) is 3.15. The smallest absolute Gasteiger partial charge is 0.256 e. The van der Waals surface area contributed by atoms with Crippen molar-refractivity contribution in [2.75, 3.05) is 20.2 Å². The molecule has 3 aromatic carbocycles. The highest BCUT2D eigenvalue weighted by Crippen LogP contribution is 2.50. The van der Waals surface area contributed by atoms with Crippen LogP contribution in [0.3, 0.4) is 0 Å². The van der Waals surface area contributed by atoms with Gasteiger partial charge in [-0.1, -0.05) is 24.3 Å². The largest absolute Gasteiger partial charge is 0.494 e. The van der Waals surface area contributed by atoms with E-state index in [0.717, 1.165) is 0 Å². The number of ether oxygens (including phenoxy) is 2. The Morgan fingerprint density at radius 2 is 1.76 bits per heavy atom. The van der Waals surface area contributed by atoms with Gasteiger partial charge < -0.3 is 19.3 Å². The minimum absolute atomic E-state index is 0.0198. The number of benzene rings is 3. The number of carbonyl (C=O) groups excluding carboxylic acids is 2. The lowest BCUT2D eigenvalue weighted by Crippen LogP contribution is -2.51. The quantitative estimate of drug-likeness (QED) is 0.565. The van der Waals surface area contributed by atoms with Crippen LogP contribution < -0.4 is 9.47 Å². The number of fused-ring (bicyclic) bond motifs is 3. The lowest BCUT2D eigenvalue weighted by atomic mass is 9.89. The molecule has 0 N–H and O–H groups in total. The van der Waals surface area contributed by atoms with Crippen LogP contribution in [-0.4, -0.2) is 47.9 Å². The Morgan fingerprint density at radius 1 is 1.03 bits per heavy atom. The number of hydrogen-bond acceptors (Lipinski definition) is 4. The topological polar surface area (TPSA) is 59.1 Å². The molecule has 2 aliphatic heterocycles. The van der Waals surface area contributed by atoms with E-state index < -0.39 is 11.5 Å². The van der Waals surface area contributed by atoms with Crippen LogP contribution in [0.15, 0.2) is 66.7 Å². The Labute approximate surface area is 197 Å². The SMILES string of the molecule is COc1cc(C23c4ccccc4C(=O)N2CCN3C(=O)c2ccc(OC(C)C)cc2)ccc1F. The molecule has 1 unspecified atom stereocenters. The van der Waals surface area contributed by atoms with E-state index in [1.165, 1.54) is 13.2 Å². The van der Waals surface area contributed by atoms with Crippen molar-refractivity contribution in [2.24, 2.45) is 0 Å². The van der Waals surface area contributed by atoms with Gasteiger partial charge in [0.1, 0.15) is 5.75 Å². The first kappa shape index (κ1) is 21.9. The van der Waals surface area contributed by atoms with Crippen LogP contribution in [0.4, 0.5) is 4.39 Å². The molecule has 1 fully saturated rings. The predicted molar refractivity (Wildman–Crippen MR) is 124 cm³/mol. The maximum atomic E-state index is 14.3. The van der Waals surface area contributed by atoms with Gasteiger partial charge in [-0.2, -0.15) is 0 Å². The molecule has 0 aliphatic carbocycles. The molecule has 2 heterocycles. The average molecular weight is 461 g/mol. The average Bonchev–Trinajstić information content (AvgIpc) is 3.35. The summed E-state index contributed by atoms with van der Waals surface area (Å²) in [5.41, 5.74) is 1.10. The van der Waals surface area contributed by atoms with Gasteiger partial charge in [0.15, 0.2) is 17.2 Å². The van der Waals surface area contributed by atoms with Crippen molar-refractivity contribution in [3.8, 4) is 11.5 Å². The first-order valence-corrected chi connectivity index (χ1v) is 11.2. The third-order valence-corrected chi connectivity index (χ3v) is 6.38. The maximum Gasteiger partial charge on any atom is 0.256 e. The van der Waals surface area contributed by atoms with E-state index >= 15 is 0 Å².